The lowest BCUT2D eigenvalue weighted by atomic mass is 10.1. The van der Waals surface area contributed by atoms with Crippen LogP contribution in [0.3, 0.4) is 0 Å². The number of hydrogen-bond acceptors (Lipinski definition) is 5. The molecule has 1 aliphatic heterocycles. The smallest absolute Gasteiger partial charge is 0.293 e. The summed E-state index contributed by atoms with van der Waals surface area (Å²) in [5, 5.41) is -0.222. The molecule has 1 saturated heterocycles. The van der Waals surface area contributed by atoms with Gasteiger partial charge in [0.05, 0.1) is 15.1 Å². The zero-order chi connectivity index (χ0) is 22.5. The number of benzene rings is 2. The van der Waals surface area contributed by atoms with E-state index in [0.717, 1.165) is 37.4 Å². The Bertz CT molecular complexity index is 1010. The number of hydrogen-bond donors (Lipinski definition) is 0. The fraction of sp³-hybridized carbons (Fsp3) is 0.304. The summed E-state index contributed by atoms with van der Waals surface area (Å²) in [6.45, 7) is 6.65. The van der Waals surface area contributed by atoms with Crippen molar-refractivity contribution in [1.82, 2.24) is 4.90 Å². The number of nitrogens with zero attached hydrogens (tertiary/aromatic N) is 1. The molecule has 1 fully saturated rings. The van der Waals surface area contributed by atoms with Gasteiger partial charge >= 0.3 is 0 Å². The predicted molar refractivity (Wildman–Crippen MR) is 136 cm³/mol. The average molecular weight is 616 g/mol. The zero-order valence-electron chi connectivity index (χ0n) is 17.5. The van der Waals surface area contributed by atoms with Crippen molar-refractivity contribution in [2.45, 2.75) is 39.8 Å². The van der Waals surface area contributed by atoms with Crippen LogP contribution in [0.5, 0.6) is 11.5 Å². The fourth-order valence-corrected chi connectivity index (χ4v) is 4.98. The van der Waals surface area contributed by atoms with Gasteiger partial charge in [-0.15, -0.1) is 0 Å². The summed E-state index contributed by atoms with van der Waals surface area (Å²) in [5.74, 6) is 1.03. The minimum Gasteiger partial charge on any atom is -0.490 e. The number of carbonyl (C=O) groups is 2. The highest BCUT2D eigenvalue weighted by atomic mass is 127. The van der Waals surface area contributed by atoms with E-state index in [1.54, 1.807) is 6.08 Å². The third kappa shape index (κ3) is 5.84. The normalized spacial score (nSPS) is 16.2. The third-order valence-electron chi connectivity index (χ3n) is 4.78. The van der Waals surface area contributed by atoms with Crippen LogP contribution < -0.4 is 9.47 Å². The molecular formula is C23H23BrINO4S. The standard InChI is InChI=1S/C23H23BrINO4S/c1-4-14(3)26-22(27)20(31-23(26)28)12-16-10-18(25)21(19(11-16)29-5-2)30-13-15-6-8-17(24)9-7-15/h6-12,14H,4-5,13H2,1-3H3/b20-12+/t14-/m1/s1. The van der Waals surface area contributed by atoms with Gasteiger partial charge in [-0.1, -0.05) is 35.0 Å². The van der Waals surface area contributed by atoms with Crippen molar-refractivity contribution in [3.8, 4) is 11.5 Å². The molecule has 3 rings (SSSR count). The van der Waals surface area contributed by atoms with Crippen molar-refractivity contribution in [3.05, 3.63) is 60.5 Å². The SMILES string of the molecule is CCOc1cc(/C=C2/SC(=O)N([C@H](C)CC)C2=O)cc(I)c1OCc1ccc(Br)cc1. The van der Waals surface area contributed by atoms with E-state index in [4.69, 9.17) is 9.47 Å². The lowest BCUT2D eigenvalue weighted by molar-refractivity contribution is -0.124. The van der Waals surface area contributed by atoms with Crippen LogP contribution in [0.15, 0.2) is 45.8 Å². The molecule has 0 saturated carbocycles. The lowest BCUT2D eigenvalue weighted by Gasteiger charge is -2.19. The van der Waals surface area contributed by atoms with Gasteiger partial charge in [0.2, 0.25) is 0 Å². The monoisotopic (exact) mass is 615 g/mol. The van der Waals surface area contributed by atoms with Crippen LogP contribution in [0.1, 0.15) is 38.3 Å². The molecule has 5 nitrogen and oxygen atoms in total. The van der Waals surface area contributed by atoms with Gasteiger partial charge in [-0.05, 0) is 96.1 Å². The minimum absolute atomic E-state index is 0.119. The molecule has 164 valence electrons. The van der Waals surface area contributed by atoms with Gasteiger partial charge in [0.15, 0.2) is 11.5 Å². The van der Waals surface area contributed by atoms with Crippen molar-refractivity contribution in [1.29, 1.82) is 0 Å². The quantitative estimate of drug-likeness (QED) is 0.240. The predicted octanol–water partition coefficient (Wildman–Crippen LogP) is 6.87. The van der Waals surface area contributed by atoms with E-state index in [1.165, 1.54) is 4.90 Å². The van der Waals surface area contributed by atoms with Crippen molar-refractivity contribution in [2.75, 3.05) is 6.61 Å². The van der Waals surface area contributed by atoms with Crippen molar-refractivity contribution in [3.63, 3.8) is 0 Å². The first-order valence-corrected chi connectivity index (χ1v) is 12.6. The third-order valence-corrected chi connectivity index (χ3v) is 6.99. The molecule has 1 aliphatic rings. The second kappa shape index (κ2) is 10.9. The Hall–Kier alpha value is -1.52. The van der Waals surface area contributed by atoms with E-state index < -0.39 is 0 Å². The van der Waals surface area contributed by atoms with Gasteiger partial charge in [0.25, 0.3) is 11.1 Å². The molecule has 0 N–H and O–H groups in total. The Morgan fingerprint density at radius 3 is 2.52 bits per heavy atom. The molecule has 0 unspecified atom stereocenters. The summed E-state index contributed by atoms with van der Waals surface area (Å²) in [7, 11) is 0. The zero-order valence-corrected chi connectivity index (χ0v) is 22.0. The first kappa shape index (κ1) is 24.1. The Labute approximate surface area is 208 Å². The maximum Gasteiger partial charge on any atom is 0.293 e. The van der Waals surface area contributed by atoms with Gasteiger partial charge < -0.3 is 9.47 Å². The average Bonchev–Trinajstić information content (AvgIpc) is 3.01. The van der Waals surface area contributed by atoms with Gasteiger partial charge in [-0.2, -0.15) is 0 Å². The van der Waals surface area contributed by atoms with Crippen molar-refractivity contribution >= 4 is 67.5 Å². The maximum atomic E-state index is 12.7. The summed E-state index contributed by atoms with van der Waals surface area (Å²) in [5.41, 5.74) is 1.84. The molecular weight excluding hydrogens is 593 g/mol. The molecule has 0 aromatic heterocycles. The second-order valence-corrected chi connectivity index (χ2v) is 10.1. The number of carbonyl (C=O) groups excluding carboxylic acids is 2. The highest BCUT2D eigenvalue weighted by Crippen LogP contribution is 2.38. The Morgan fingerprint density at radius 1 is 1.16 bits per heavy atom. The topological polar surface area (TPSA) is 55.8 Å². The Kier molecular flexibility index (Phi) is 8.46. The first-order chi connectivity index (χ1) is 14.8. The molecule has 1 atom stereocenters. The van der Waals surface area contributed by atoms with Crippen LogP contribution in [-0.4, -0.2) is 28.7 Å². The number of amides is 2. The summed E-state index contributed by atoms with van der Waals surface area (Å²) < 4.78 is 13.8. The van der Waals surface area contributed by atoms with E-state index in [0.29, 0.717) is 29.6 Å². The molecule has 2 aromatic carbocycles. The molecule has 31 heavy (non-hydrogen) atoms. The Morgan fingerprint density at radius 2 is 1.87 bits per heavy atom. The van der Waals surface area contributed by atoms with Crippen LogP contribution in [0.4, 0.5) is 4.79 Å². The maximum absolute atomic E-state index is 12.7. The van der Waals surface area contributed by atoms with E-state index in [1.807, 2.05) is 57.2 Å². The van der Waals surface area contributed by atoms with E-state index >= 15 is 0 Å². The van der Waals surface area contributed by atoms with Crippen LogP contribution in [0.25, 0.3) is 6.08 Å². The highest BCUT2D eigenvalue weighted by molar-refractivity contribution is 14.1. The Balaban J connectivity index is 1.86. The number of ether oxygens (including phenoxy) is 2. The van der Waals surface area contributed by atoms with Crippen LogP contribution in [-0.2, 0) is 11.4 Å². The van der Waals surface area contributed by atoms with Crippen molar-refractivity contribution < 1.29 is 19.1 Å². The molecule has 2 aromatic rings. The van der Waals surface area contributed by atoms with Crippen LogP contribution >= 0.6 is 50.3 Å². The molecule has 1 heterocycles. The van der Waals surface area contributed by atoms with Gasteiger partial charge in [-0.3, -0.25) is 14.5 Å². The largest absolute Gasteiger partial charge is 0.490 e. The van der Waals surface area contributed by atoms with Crippen LogP contribution in [0.2, 0.25) is 0 Å². The molecule has 0 aliphatic carbocycles. The summed E-state index contributed by atoms with van der Waals surface area (Å²) in [4.78, 5) is 26.8. The van der Waals surface area contributed by atoms with Gasteiger partial charge in [0.1, 0.15) is 6.61 Å². The summed E-state index contributed by atoms with van der Waals surface area (Å²) in [6, 6.07) is 11.6. The number of imide groups is 1. The fourth-order valence-electron chi connectivity index (χ4n) is 3.00. The van der Waals surface area contributed by atoms with Crippen LogP contribution in [0, 0.1) is 3.57 Å². The lowest BCUT2D eigenvalue weighted by Crippen LogP contribution is -2.36. The molecule has 8 heteroatoms. The number of halogens is 2. The summed E-state index contributed by atoms with van der Waals surface area (Å²) >= 11 is 6.62. The molecule has 0 radical (unpaired) electrons. The molecule has 0 spiro atoms. The van der Waals surface area contributed by atoms with E-state index in [-0.39, 0.29) is 17.2 Å². The number of thioether (sulfide) groups is 1. The van der Waals surface area contributed by atoms with Gasteiger partial charge in [0, 0.05) is 10.5 Å². The molecule has 2 amide bonds. The van der Waals surface area contributed by atoms with E-state index in [2.05, 4.69) is 38.5 Å². The molecule has 0 bridgehead atoms. The number of rotatable bonds is 8. The highest BCUT2D eigenvalue weighted by Gasteiger charge is 2.37. The van der Waals surface area contributed by atoms with Gasteiger partial charge in [-0.25, -0.2) is 0 Å². The van der Waals surface area contributed by atoms with Crippen molar-refractivity contribution in [2.24, 2.45) is 0 Å². The first-order valence-electron chi connectivity index (χ1n) is 9.94. The van der Waals surface area contributed by atoms with E-state index in [9.17, 15) is 9.59 Å². The minimum atomic E-state index is -0.243. The summed E-state index contributed by atoms with van der Waals surface area (Å²) in [6.07, 6.45) is 2.47. The second-order valence-electron chi connectivity index (χ2n) is 6.99.